The first-order chi connectivity index (χ1) is 16.3. The van der Waals surface area contributed by atoms with E-state index in [1.54, 1.807) is 6.08 Å². The van der Waals surface area contributed by atoms with Gasteiger partial charge in [0.1, 0.15) is 5.57 Å². The van der Waals surface area contributed by atoms with Gasteiger partial charge in [-0.1, -0.05) is 37.6 Å². The van der Waals surface area contributed by atoms with Gasteiger partial charge in [-0.15, -0.1) is 0 Å². The van der Waals surface area contributed by atoms with E-state index in [1.165, 1.54) is 10.5 Å². The summed E-state index contributed by atoms with van der Waals surface area (Å²) in [5.41, 5.74) is 6.93. The van der Waals surface area contributed by atoms with Crippen LogP contribution in [-0.2, 0) is 16.0 Å². The van der Waals surface area contributed by atoms with Gasteiger partial charge in [-0.2, -0.15) is 0 Å². The van der Waals surface area contributed by atoms with Crippen LogP contribution in [0.2, 0.25) is 0 Å². The number of rotatable bonds is 6. The smallest absolute Gasteiger partial charge is 0.270 e. The van der Waals surface area contributed by atoms with Gasteiger partial charge < -0.3 is 4.57 Å². The van der Waals surface area contributed by atoms with Crippen LogP contribution in [0.1, 0.15) is 47.8 Å². The van der Waals surface area contributed by atoms with Crippen LogP contribution in [-0.4, -0.2) is 21.5 Å². The van der Waals surface area contributed by atoms with Crippen molar-refractivity contribution in [1.82, 2.24) is 9.88 Å². The summed E-state index contributed by atoms with van der Waals surface area (Å²) in [5.74, 6) is -0.901. The second-order valence-corrected chi connectivity index (χ2v) is 9.12. The molecule has 0 aliphatic carbocycles. The minimum Gasteiger partial charge on any atom is -0.318 e. The molecule has 2 heterocycles. The molecular weight excluding hydrogens is 442 g/mol. The molecule has 1 fully saturated rings. The number of benzene rings is 2. The zero-order valence-corrected chi connectivity index (χ0v) is 20.8. The van der Waals surface area contributed by atoms with Gasteiger partial charge in [0.2, 0.25) is 0 Å². The monoisotopic (exact) mass is 471 g/mol. The lowest BCUT2D eigenvalue weighted by Crippen LogP contribution is -2.54. The topological polar surface area (TPSA) is 54.3 Å². The van der Waals surface area contributed by atoms with Gasteiger partial charge in [0.05, 0.1) is 5.69 Å². The van der Waals surface area contributed by atoms with Gasteiger partial charge in [0.15, 0.2) is 5.11 Å². The molecule has 0 saturated carbocycles. The van der Waals surface area contributed by atoms with E-state index < -0.39 is 11.8 Å². The summed E-state index contributed by atoms with van der Waals surface area (Å²) in [6.45, 7) is 8.22. The summed E-state index contributed by atoms with van der Waals surface area (Å²) in [6.07, 6.45) is 4.90. The number of amides is 2. The van der Waals surface area contributed by atoms with Crippen molar-refractivity contribution in [1.29, 1.82) is 0 Å². The highest BCUT2D eigenvalue weighted by molar-refractivity contribution is 7.80. The average molecular weight is 472 g/mol. The number of nitrogens with zero attached hydrogens (tertiary/aromatic N) is 2. The highest BCUT2D eigenvalue weighted by atomic mass is 32.1. The van der Waals surface area contributed by atoms with E-state index in [1.807, 2.05) is 56.3 Å². The third-order valence-corrected chi connectivity index (χ3v) is 6.43. The second kappa shape index (κ2) is 9.77. The molecular formula is C28H29N3O2S. The number of carbonyl (C=O) groups is 2. The number of aryl methyl sites for hydroxylation is 3. The molecule has 6 heteroatoms. The van der Waals surface area contributed by atoms with Gasteiger partial charge in [0, 0.05) is 17.1 Å². The number of hydrogen-bond acceptors (Lipinski definition) is 3. The van der Waals surface area contributed by atoms with Crippen LogP contribution in [0.4, 0.5) is 5.69 Å². The Morgan fingerprint density at radius 1 is 0.971 bits per heavy atom. The first kappa shape index (κ1) is 23.6. The lowest BCUT2D eigenvalue weighted by molar-refractivity contribution is -0.122. The molecule has 2 amide bonds. The average Bonchev–Trinajstić information content (AvgIpc) is 3.08. The van der Waals surface area contributed by atoms with E-state index in [-0.39, 0.29) is 10.7 Å². The largest absolute Gasteiger partial charge is 0.318 e. The number of carbonyl (C=O) groups excluding carboxylic acids is 2. The Balaban J connectivity index is 1.68. The van der Waals surface area contributed by atoms with Crippen LogP contribution in [0, 0.1) is 20.8 Å². The van der Waals surface area contributed by atoms with Crippen LogP contribution in [0.3, 0.4) is 0 Å². The van der Waals surface area contributed by atoms with Crippen LogP contribution in [0.15, 0.2) is 60.2 Å². The van der Waals surface area contributed by atoms with E-state index in [0.29, 0.717) is 5.69 Å². The molecule has 174 valence electrons. The molecule has 0 radical (unpaired) electrons. The molecule has 34 heavy (non-hydrogen) atoms. The minimum atomic E-state index is -0.480. The quantitative estimate of drug-likeness (QED) is 0.290. The van der Waals surface area contributed by atoms with E-state index in [9.17, 15) is 9.59 Å². The van der Waals surface area contributed by atoms with Gasteiger partial charge >= 0.3 is 0 Å². The van der Waals surface area contributed by atoms with Crippen molar-refractivity contribution in [3.63, 3.8) is 0 Å². The fourth-order valence-electron chi connectivity index (χ4n) is 4.34. The van der Waals surface area contributed by atoms with Gasteiger partial charge in [-0.05, 0) is 98.9 Å². The van der Waals surface area contributed by atoms with Crippen molar-refractivity contribution >= 4 is 40.9 Å². The molecule has 3 aromatic rings. The van der Waals surface area contributed by atoms with Gasteiger partial charge in [0.25, 0.3) is 11.8 Å². The standard InChI is InChI=1S/C28H29N3O2S/c1-5-6-9-21-11-13-23(14-12-21)31-27(33)25(26(32)29-28(31)34)17-22-16-19(3)30(20(22)4)24-10-7-8-18(2)15-24/h7-8,10-17H,5-6,9H2,1-4H3,(H,29,32,34)/b25-17+. The van der Waals surface area contributed by atoms with Crippen LogP contribution in [0.25, 0.3) is 11.8 Å². The first-order valence-corrected chi connectivity index (χ1v) is 12.0. The molecule has 4 rings (SSSR count). The molecule has 1 N–H and O–H groups in total. The second-order valence-electron chi connectivity index (χ2n) is 8.73. The van der Waals surface area contributed by atoms with E-state index >= 15 is 0 Å². The summed E-state index contributed by atoms with van der Waals surface area (Å²) in [4.78, 5) is 27.6. The Morgan fingerprint density at radius 2 is 1.71 bits per heavy atom. The van der Waals surface area contributed by atoms with Crippen LogP contribution >= 0.6 is 12.2 Å². The van der Waals surface area contributed by atoms with Gasteiger partial charge in [-0.3, -0.25) is 19.8 Å². The summed E-state index contributed by atoms with van der Waals surface area (Å²) in [7, 11) is 0. The summed E-state index contributed by atoms with van der Waals surface area (Å²) < 4.78 is 2.13. The molecule has 2 aromatic carbocycles. The molecule has 1 saturated heterocycles. The Labute approximate surface area is 206 Å². The Bertz CT molecular complexity index is 1300. The SMILES string of the molecule is CCCCc1ccc(N2C(=O)/C(=C/c3cc(C)n(-c4cccc(C)c4)c3C)C(=O)NC2=S)cc1. The summed E-state index contributed by atoms with van der Waals surface area (Å²) in [5, 5.41) is 2.78. The first-order valence-electron chi connectivity index (χ1n) is 11.6. The van der Waals surface area contributed by atoms with Gasteiger partial charge in [-0.25, -0.2) is 0 Å². The fourth-order valence-corrected chi connectivity index (χ4v) is 4.62. The zero-order chi connectivity index (χ0) is 24.4. The third-order valence-electron chi connectivity index (χ3n) is 6.15. The molecule has 0 spiro atoms. The number of anilines is 1. The van der Waals surface area contributed by atoms with Crippen molar-refractivity contribution in [3.8, 4) is 5.69 Å². The number of unbranched alkanes of at least 4 members (excludes halogenated alkanes) is 1. The van der Waals surface area contributed by atoms with Crippen molar-refractivity contribution in [2.24, 2.45) is 0 Å². The maximum absolute atomic E-state index is 13.4. The lowest BCUT2D eigenvalue weighted by Gasteiger charge is -2.29. The molecule has 1 aromatic heterocycles. The minimum absolute atomic E-state index is 0.0631. The molecule has 0 atom stereocenters. The number of aromatic nitrogens is 1. The third kappa shape index (κ3) is 4.59. The molecule has 0 bridgehead atoms. The molecule has 5 nitrogen and oxygen atoms in total. The fraction of sp³-hybridized carbons (Fsp3) is 0.250. The van der Waals surface area contributed by atoms with Crippen molar-refractivity contribution in [2.75, 3.05) is 4.90 Å². The predicted octanol–water partition coefficient (Wildman–Crippen LogP) is 5.58. The van der Waals surface area contributed by atoms with E-state index in [4.69, 9.17) is 12.2 Å². The van der Waals surface area contributed by atoms with Crippen molar-refractivity contribution in [3.05, 3.63) is 88.2 Å². The lowest BCUT2D eigenvalue weighted by atomic mass is 10.1. The maximum Gasteiger partial charge on any atom is 0.270 e. The Kier molecular flexibility index (Phi) is 6.80. The highest BCUT2D eigenvalue weighted by Crippen LogP contribution is 2.26. The summed E-state index contributed by atoms with van der Waals surface area (Å²) >= 11 is 5.35. The number of hydrogen-bond donors (Lipinski definition) is 1. The number of thiocarbonyl (C=S) groups is 1. The summed E-state index contributed by atoms with van der Waals surface area (Å²) in [6, 6.07) is 18.0. The zero-order valence-electron chi connectivity index (χ0n) is 20.0. The van der Waals surface area contributed by atoms with Crippen LogP contribution < -0.4 is 10.2 Å². The van der Waals surface area contributed by atoms with Crippen molar-refractivity contribution < 1.29 is 9.59 Å². The van der Waals surface area contributed by atoms with E-state index in [0.717, 1.165) is 47.5 Å². The molecule has 1 aliphatic rings. The Hall–Kier alpha value is -3.51. The van der Waals surface area contributed by atoms with Crippen LogP contribution in [0.5, 0.6) is 0 Å². The molecule has 0 unspecified atom stereocenters. The predicted molar refractivity (Wildman–Crippen MR) is 141 cm³/mol. The normalized spacial score (nSPS) is 15.2. The maximum atomic E-state index is 13.4. The molecule has 1 aliphatic heterocycles. The highest BCUT2D eigenvalue weighted by Gasteiger charge is 2.34. The van der Waals surface area contributed by atoms with E-state index in [2.05, 4.69) is 35.9 Å². The Morgan fingerprint density at radius 3 is 2.38 bits per heavy atom. The van der Waals surface area contributed by atoms with Crippen molar-refractivity contribution in [2.45, 2.75) is 47.0 Å². The number of nitrogens with one attached hydrogen (secondary N) is 1.